The van der Waals surface area contributed by atoms with Crippen LogP contribution in [0.15, 0.2) is 48.6 Å². The number of fused-ring (bicyclic) bond motifs is 2. The molecule has 0 aromatic rings. The Bertz CT molecular complexity index is 647. The average molecular weight is 535 g/mol. The third kappa shape index (κ3) is 4.90. The molecule has 4 rings (SSSR count). The number of hydrogen-bond donors (Lipinski definition) is 0. The van der Waals surface area contributed by atoms with Crippen molar-refractivity contribution in [2.45, 2.75) is 13.1 Å². The van der Waals surface area contributed by atoms with E-state index >= 15 is 0 Å². The summed E-state index contributed by atoms with van der Waals surface area (Å²) >= 11 is -0.826. The van der Waals surface area contributed by atoms with Gasteiger partial charge in [-0.25, -0.2) is 0 Å². The molecule has 4 aliphatic carbocycles. The summed E-state index contributed by atoms with van der Waals surface area (Å²) in [4.78, 5) is 4.56. The standard InChI is InChI=1S/C24H28N2Si.2ClH.Zr/c1-25(2)21-15-17-11-7-9-13-19(17)23(21)27(5,6)24-20-14-10-8-12-18(20)16-22(24)26(3)4;;;/h7-16H,1-6H3;2*1H;/q;;;+4/p-2. The second-order valence-electron chi connectivity index (χ2n) is 8.47. The second kappa shape index (κ2) is 10.7. The first-order chi connectivity index (χ1) is 14.2. The Morgan fingerprint density at radius 1 is 0.667 bits per heavy atom. The van der Waals surface area contributed by atoms with Crippen LogP contribution in [0, 0.1) is 59.7 Å². The molecule has 2 fully saturated rings. The minimum atomic E-state index is -1.98. The summed E-state index contributed by atoms with van der Waals surface area (Å²) < 4.78 is 0. The van der Waals surface area contributed by atoms with E-state index in [1.807, 2.05) is 0 Å². The molecule has 0 aromatic heterocycles. The van der Waals surface area contributed by atoms with Crippen molar-refractivity contribution in [3.8, 4) is 0 Å². The molecule has 0 atom stereocenters. The van der Waals surface area contributed by atoms with Crippen LogP contribution in [-0.4, -0.2) is 46.1 Å². The molecule has 30 heavy (non-hydrogen) atoms. The molecule has 0 spiro atoms. The Morgan fingerprint density at radius 2 is 1.00 bits per heavy atom. The third-order valence-corrected chi connectivity index (χ3v) is 9.32. The van der Waals surface area contributed by atoms with E-state index in [9.17, 15) is 0 Å². The van der Waals surface area contributed by atoms with E-state index < -0.39 is 28.9 Å². The van der Waals surface area contributed by atoms with Gasteiger partial charge >= 0.3 is 37.9 Å². The van der Waals surface area contributed by atoms with Crippen molar-refractivity contribution in [3.05, 3.63) is 108 Å². The van der Waals surface area contributed by atoms with Crippen LogP contribution >= 0.6 is 17.0 Å². The molecule has 0 aromatic carbocycles. The predicted molar refractivity (Wildman–Crippen MR) is 128 cm³/mol. The molecule has 0 heterocycles. The summed E-state index contributed by atoms with van der Waals surface area (Å²) in [5.74, 6) is 5.51. The molecule has 0 amide bonds. The minimum absolute atomic E-state index is 0.826. The Hall–Kier alpha value is 0.560. The molecule has 2 nitrogen and oxygen atoms in total. The van der Waals surface area contributed by atoms with Crippen LogP contribution in [-0.2, 0) is 20.8 Å². The fourth-order valence-corrected chi connectivity index (χ4v) is 8.48. The topological polar surface area (TPSA) is 6.48 Å². The van der Waals surface area contributed by atoms with Gasteiger partial charge in [0, 0.05) is 46.8 Å². The van der Waals surface area contributed by atoms with Gasteiger partial charge in [-0.1, -0.05) is 61.7 Å². The van der Waals surface area contributed by atoms with Crippen LogP contribution in [0.5, 0.6) is 0 Å². The molecule has 0 aliphatic heterocycles. The van der Waals surface area contributed by atoms with Crippen LogP contribution in [0.4, 0.5) is 0 Å². The van der Waals surface area contributed by atoms with E-state index in [-0.39, 0.29) is 0 Å². The molecule has 0 unspecified atom stereocenters. The third-order valence-electron chi connectivity index (χ3n) is 5.77. The van der Waals surface area contributed by atoms with E-state index in [1.54, 1.807) is 11.1 Å². The number of allylic oxidation sites excluding steroid dienone is 8. The summed E-state index contributed by atoms with van der Waals surface area (Å²) in [7, 11) is 16.5. The van der Waals surface area contributed by atoms with Gasteiger partial charge in [0.05, 0.1) is 8.07 Å². The fraction of sp³-hybridized carbons (Fsp3) is 0.250. The Kier molecular flexibility index (Phi) is 8.95. The summed E-state index contributed by atoms with van der Waals surface area (Å²) in [5, 5.41) is 0. The van der Waals surface area contributed by atoms with Gasteiger partial charge < -0.3 is 9.80 Å². The van der Waals surface area contributed by atoms with Crippen molar-refractivity contribution in [2.24, 2.45) is 0 Å². The van der Waals surface area contributed by atoms with E-state index in [1.165, 1.54) is 35.8 Å². The van der Waals surface area contributed by atoms with Gasteiger partial charge in [0.25, 0.3) is 0 Å². The predicted octanol–water partition coefficient (Wildman–Crippen LogP) is 5.47. The zero-order valence-electron chi connectivity index (χ0n) is 18.4. The molecule has 0 saturated heterocycles. The SMILES string of the molecule is CN(C)[C]1[CH][C]2C=CC=C[C]2[C]1[Si](C)(C)[C]1[C]2C=CC=C[C]2[CH][C]1N(C)C.[Cl][Zr+2][Cl]. The molecule has 0 N–H and O–H groups in total. The molecule has 10 radical (unpaired) electrons. The Labute approximate surface area is 204 Å². The number of nitrogens with zero attached hydrogens (tertiary/aromatic N) is 2. The van der Waals surface area contributed by atoms with E-state index in [2.05, 4.69) is 113 Å². The van der Waals surface area contributed by atoms with E-state index in [0.717, 1.165) is 0 Å². The van der Waals surface area contributed by atoms with Crippen LogP contribution in [0.2, 0.25) is 13.1 Å². The number of hydrogen-bond acceptors (Lipinski definition) is 2. The normalized spacial score (nSPS) is 24.6. The Morgan fingerprint density at radius 3 is 1.33 bits per heavy atom. The molecule has 2 saturated carbocycles. The summed E-state index contributed by atoms with van der Waals surface area (Å²) in [5.41, 5.74) is 3.09. The van der Waals surface area contributed by atoms with Gasteiger partial charge in [-0.05, 0) is 41.0 Å². The maximum absolute atomic E-state index is 4.93. The average Bonchev–Trinajstić information content (AvgIpc) is 3.28. The van der Waals surface area contributed by atoms with Gasteiger partial charge in [0.1, 0.15) is 0 Å². The van der Waals surface area contributed by atoms with Gasteiger partial charge in [-0.2, -0.15) is 0 Å². The van der Waals surface area contributed by atoms with Crippen LogP contribution in [0.1, 0.15) is 0 Å². The second-order valence-corrected chi connectivity index (χ2v) is 16.5. The molecular weight excluding hydrogens is 506 g/mol. The van der Waals surface area contributed by atoms with Crippen LogP contribution < -0.4 is 0 Å². The first kappa shape index (κ1) is 25.2. The number of rotatable bonds is 4. The first-order valence-corrected chi connectivity index (χ1v) is 19.3. The van der Waals surface area contributed by atoms with E-state index in [0.29, 0.717) is 0 Å². The van der Waals surface area contributed by atoms with E-state index in [4.69, 9.17) is 17.0 Å². The van der Waals surface area contributed by atoms with Crippen molar-refractivity contribution in [2.75, 3.05) is 28.2 Å². The van der Waals surface area contributed by atoms with Crippen molar-refractivity contribution in [1.29, 1.82) is 0 Å². The first-order valence-electron chi connectivity index (χ1n) is 9.92. The summed E-state index contributed by atoms with van der Waals surface area (Å²) in [6.07, 6.45) is 22.4. The van der Waals surface area contributed by atoms with Gasteiger partial charge in [0.2, 0.25) is 0 Å². The molecular formula is C24H28Cl2N2SiZr+2. The van der Waals surface area contributed by atoms with Crippen molar-refractivity contribution >= 4 is 25.1 Å². The maximum atomic E-state index is 4.93. The fourth-order valence-electron chi connectivity index (χ4n) is 4.56. The zero-order valence-corrected chi connectivity index (χ0v) is 23.4. The van der Waals surface area contributed by atoms with Crippen LogP contribution in [0.25, 0.3) is 0 Å². The van der Waals surface area contributed by atoms with Crippen molar-refractivity contribution < 1.29 is 20.8 Å². The van der Waals surface area contributed by atoms with Crippen molar-refractivity contribution in [1.82, 2.24) is 9.80 Å². The molecule has 6 heteroatoms. The van der Waals surface area contributed by atoms with Crippen LogP contribution in [0.3, 0.4) is 0 Å². The number of halogens is 2. The molecule has 4 aliphatic rings. The summed E-state index contributed by atoms with van der Waals surface area (Å²) in [6, 6.07) is 2.73. The Balaban J connectivity index is 0.000000806. The summed E-state index contributed by atoms with van der Waals surface area (Å²) in [6.45, 7) is 5.02. The zero-order chi connectivity index (χ0) is 22.1. The van der Waals surface area contributed by atoms with Crippen molar-refractivity contribution in [3.63, 3.8) is 0 Å². The molecule has 154 valence electrons. The monoisotopic (exact) mass is 532 g/mol. The van der Waals surface area contributed by atoms with Gasteiger partial charge in [-0.15, -0.1) is 0 Å². The molecule has 0 bridgehead atoms. The van der Waals surface area contributed by atoms with Gasteiger partial charge in [0.15, 0.2) is 0 Å². The van der Waals surface area contributed by atoms with Gasteiger partial charge in [-0.3, -0.25) is 0 Å². The quantitative estimate of drug-likeness (QED) is 0.442.